The highest BCUT2D eigenvalue weighted by molar-refractivity contribution is 5.08. The highest BCUT2D eigenvalue weighted by Gasteiger charge is 2.26. The number of imidazole rings is 1. The van der Waals surface area contributed by atoms with Crippen molar-refractivity contribution in [2.75, 3.05) is 6.54 Å². The number of nitrogens with zero attached hydrogens (tertiary/aromatic N) is 2. The molecule has 0 saturated carbocycles. The summed E-state index contributed by atoms with van der Waals surface area (Å²) >= 11 is 0. The van der Waals surface area contributed by atoms with E-state index in [4.69, 9.17) is 5.73 Å². The molecule has 0 spiro atoms. The minimum atomic E-state index is 0.269. The van der Waals surface area contributed by atoms with Crippen molar-refractivity contribution < 1.29 is 0 Å². The van der Waals surface area contributed by atoms with Crippen molar-refractivity contribution in [2.45, 2.75) is 54.0 Å². The number of hydrogen-bond donors (Lipinski definition) is 1. The summed E-state index contributed by atoms with van der Waals surface area (Å²) in [6, 6.07) is 0. The molecule has 2 N–H and O–H groups in total. The van der Waals surface area contributed by atoms with Crippen molar-refractivity contribution in [3.05, 3.63) is 18.2 Å². The van der Waals surface area contributed by atoms with Crippen molar-refractivity contribution in [3.63, 3.8) is 0 Å². The van der Waals surface area contributed by atoms with E-state index in [0.717, 1.165) is 6.54 Å². The molecule has 1 aromatic rings. The zero-order valence-corrected chi connectivity index (χ0v) is 12.8. The zero-order chi connectivity index (χ0) is 13.9. The largest absolute Gasteiger partial charge is 0.334 e. The number of aromatic nitrogens is 2. The SMILES string of the molecule is CC(C)C(CN)c1cncn1CC(C)(C)C(C)C. The van der Waals surface area contributed by atoms with Crippen molar-refractivity contribution in [3.8, 4) is 0 Å². The van der Waals surface area contributed by atoms with Gasteiger partial charge in [0, 0.05) is 30.9 Å². The van der Waals surface area contributed by atoms with E-state index in [1.807, 2.05) is 12.5 Å². The molecule has 0 saturated heterocycles. The Labute approximate surface area is 112 Å². The van der Waals surface area contributed by atoms with Gasteiger partial charge in [0.25, 0.3) is 0 Å². The van der Waals surface area contributed by atoms with E-state index >= 15 is 0 Å². The summed E-state index contributed by atoms with van der Waals surface area (Å²) in [7, 11) is 0. The predicted octanol–water partition coefficient (Wildman–Crippen LogP) is 3.26. The first-order chi connectivity index (χ1) is 8.29. The van der Waals surface area contributed by atoms with Gasteiger partial charge in [0.1, 0.15) is 0 Å². The van der Waals surface area contributed by atoms with Gasteiger partial charge in [0.2, 0.25) is 0 Å². The molecule has 0 bridgehead atoms. The van der Waals surface area contributed by atoms with Crippen LogP contribution < -0.4 is 5.73 Å². The van der Waals surface area contributed by atoms with Gasteiger partial charge in [-0.05, 0) is 17.3 Å². The Balaban J connectivity index is 2.96. The summed E-state index contributed by atoms with van der Waals surface area (Å²) in [4.78, 5) is 4.32. The minimum Gasteiger partial charge on any atom is -0.334 e. The van der Waals surface area contributed by atoms with Crippen LogP contribution in [0.5, 0.6) is 0 Å². The van der Waals surface area contributed by atoms with E-state index < -0.39 is 0 Å². The van der Waals surface area contributed by atoms with E-state index in [1.54, 1.807) is 0 Å². The second kappa shape index (κ2) is 5.87. The van der Waals surface area contributed by atoms with Crippen LogP contribution >= 0.6 is 0 Å². The Morgan fingerprint density at radius 2 is 1.89 bits per heavy atom. The van der Waals surface area contributed by atoms with E-state index in [1.165, 1.54) is 5.69 Å². The Hall–Kier alpha value is -0.830. The number of hydrogen-bond acceptors (Lipinski definition) is 2. The van der Waals surface area contributed by atoms with Crippen molar-refractivity contribution >= 4 is 0 Å². The average Bonchev–Trinajstić information content (AvgIpc) is 2.66. The molecule has 1 unspecified atom stereocenters. The van der Waals surface area contributed by atoms with Crippen molar-refractivity contribution in [2.24, 2.45) is 23.0 Å². The lowest BCUT2D eigenvalue weighted by Crippen LogP contribution is -2.28. The summed E-state index contributed by atoms with van der Waals surface area (Å²) < 4.78 is 2.29. The minimum absolute atomic E-state index is 0.269. The molecule has 3 nitrogen and oxygen atoms in total. The van der Waals surface area contributed by atoms with Crippen LogP contribution in [0.25, 0.3) is 0 Å². The maximum absolute atomic E-state index is 5.92. The third kappa shape index (κ3) is 3.35. The molecular formula is C15H29N3. The highest BCUT2D eigenvalue weighted by Crippen LogP contribution is 2.31. The van der Waals surface area contributed by atoms with Crippen LogP contribution in [0.1, 0.15) is 53.2 Å². The molecule has 104 valence electrons. The maximum atomic E-state index is 5.92. The van der Waals surface area contributed by atoms with Gasteiger partial charge in [-0.2, -0.15) is 0 Å². The summed E-state index contributed by atoms with van der Waals surface area (Å²) in [6.45, 7) is 15.3. The maximum Gasteiger partial charge on any atom is 0.0948 e. The van der Waals surface area contributed by atoms with Crippen LogP contribution in [-0.4, -0.2) is 16.1 Å². The van der Waals surface area contributed by atoms with Gasteiger partial charge in [0.15, 0.2) is 0 Å². The van der Waals surface area contributed by atoms with Crippen LogP contribution in [-0.2, 0) is 6.54 Å². The zero-order valence-electron chi connectivity index (χ0n) is 12.8. The molecule has 1 rings (SSSR count). The van der Waals surface area contributed by atoms with Crippen molar-refractivity contribution in [1.82, 2.24) is 9.55 Å². The molecule has 0 aromatic carbocycles. The van der Waals surface area contributed by atoms with Crippen LogP contribution in [0, 0.1) is 17.3 Å². The van der Waals surface area contributed by atoms with Crippen LogP contribution in [0.15, 0.2) is 12.5 Å². The number of rotatable bonds is 6. The smallest absolute Gasteiger partial charge is 0.0948 e. The van der Waals surface area contributed by atoms with Crippen LogP contribution in [0.4, 0.5) is 0 Å². The first kappa shape index (κ1) is 15.2. The third-order valence-electron chi connectivity index (χ3n) is 4.32. The molecular weight excluding hydrogens is 222 g/mol. The Morgan fingerprint density at radius 3 is 2.33 bits per heavy atom. The van der Waals surface area contributed by atoms with Crippen molar-refractivity contribution in [1.29, 1.82) is 0 Å². The van der Waals surface area contributed by atoms with Gasteiger partial charge in [-0.1, -0.05) is 41.5 Å². The van der Waals surface area contributed by atoms with Gasteiger partial charge in [0.05, 0.1) is 6.33 Å². The van der Waals surface area contributed by atoms with E-state index in [9.17, 15) is 0 Å². The molecule has 1 atom stereocenters. The Kier molecular flexibility index (Phi) is 4.97. The quantitative estimate of drug-likeness (QED) is 0.843. The summed E-state index contributed by atoms with van der Waals surface area (Å²) in [6.07, 6.45) is 3.93. The molecule has 1 aromatic heterocycles. The van der Waals surface area contributed by atoms with E-state index in [2.05, 4.69) is 51.1 Å². The second-order valence-electron chi connectivity index (χ2n) is 6.68. The molecule has 0 amide bonds. The van der Waals surface area contributed by atoms with Gasteiger partial charge in [-0.15, -0.1) is 0 Å². The second-order valence-corrected chi connectivity index (χ2v) is 6.68. The number of nitrogens with two attached hydrogens (primary N) is 1. The van der Waals surface area contributed by atoms with Gasteiger partial charge >= 0.3 is 0 Å². The molecule has 0 fully saturated rings. The molecule has 0 radical (unpaired) electrons. The fourth-order valence-corrected chi connectivity index (χ4v) is 2.13. The van der Waals surface area contributed by atoms with E-state index in [0.29, 0.717) is 24.3 Å². The normalized spacial score (nSPS) is 14.5. The molecule has 0 aliphatic rings. The third-order valence-corrected chi connectivity index (χ3v) is 4.32. The standard InChI is InChI=1S/C15H29N3/c1-11(2)13(7-16)14-8-17-10-18(14)9-15(5,6)12(3)4/h8,10-13H,7,9,16H2,1-6H3. The summed E-state index contributed by atoms with van der Waals surface area (Å²) in [5.41, 5.74) is 7.46. The predicted molar refractivity (Wildman–Crippen MR) is 77.5 cm³/mol. The van der Waals surface area contributed by atoms with Crippen LogP contribution in [0.2, 0.25) is 0 Å². The fraction of sp³-hybridized carbons (Fsp3) is 0.800. The fourth-order valence-electron chi connectivity index (χ4n) is 2.13. The first-order valence-corrected chi connectivity index (χ1v) is 6.99. The van der Waals surface area contributed by atoms with Gasteiger partial charge in [-0.25, -0.2) is 4.98 Å². The first-order valence-electron chi connectivity index (χ1n) is 6.99. The van der Waals surface area contributed by atoms with Gasteiger partial charge < -0.3 is 10.3 Å². The monoisotopic (exact) mass is 251 g/mol. The lowest BCUT2D eigenvalue weighted by Gasteiger charge is -2.31. The molecule has 1 heterocycles. The summed E-state index contributed by atoms with van der Waals surface area (Å²) in [5, 5.41) is 0. The topological polar surface area (TPSA) is 43.8 Å². The lowest BCUT2D eigenvalue weighted by atomic mass is 9.81. The Morgan fingerprint density at radius 1 is 1.28 bits per heavy atom. The average molecular weight is 251 g/mol. The molecule has 0 aliphatic heterocycles. The summed E-state index contributed by atoms with van der Waals surface area (Å²) in [5.74, 6) is 1.59. The molecule has 18 heavy (non-hydrogen) atoms. The van der Waals surface area contributed by atoms with Gasteiger partial charge in [-0.3, -0.25) is 0 Å². The highest BCUT2D eigenvalue weighted by atomic mass is 15.1. The molecule has 0 aliphatic carbocycles. The lowest BCUT2D eigenvalue weighted by molar-refractivity contribution is 0.206. The molecule has 3 heteroatoms. The Bertz CT molecular complexity index is 364. The van der Waals surface area contributed by atoms with Crippen LogP contribution in [0.3, 0.4) is 0 Å². The van der Waals surface area contributed by atoms with E-state index in [-0.39, 0.29) is 5.41 Å².